The third-order valence-electron chi connectivity index (χ3n) is 2.52. The van der Waals surface area contributed by atoms with E-state index in [4.69, 9.17) is 15.2 Å². The van der Waals surface area contributed by atoms with Crippen molar-refractivity contribution in [2.75, 3.05) is 12.3 Å². The second kappa shape index (κ2) is 6.09. The zero-order chi connectivity index (χ0) is 13.7. The summed E-state index contributed by atoms with van der Waals surface area (Å²) in [7, 11) is 0. The van der Waals surface area contributed by atoms with E-state index < -0.39 is 0 Å². The molecule has 0 aliphatic carbocycles. The highest BCUT2D eigenvalue weighted by Gasteiger charge is 2.06. The summed E-state index contributed by atoms with van der Waals surface area (Å²) >= 11 is 0. The molecule has 0 bridgehead atoms. The first-order valence-electron chi connectivity index (χ1n) is 6.33. The molecule has 19 heavy (non-hydrogen) atoms. The van der Waals surface area contributed by atoms with Crippen LogP contribution in [0.15, 0.2) is 36.4 Å². The van der Waals surface area contributed by atoms with Crippen molar-refractivity contribution >= 4 is 5.69 Å². The van der Waals surface area contributed by atoms with Gasteiger partial charge in [0, 0.05) is 6.07 Å². The molecule has 0 aliphatic heterocycles. The molecule has 0 radical (unpaired) electrons. The number of ether oxygens (including phenoxy) is 2. The Labute approximate surface area is 113 Å². The van der Waals surface area contributed by atoms with Crippen LogP contribution in [0.25, 0.3) is 0 Å². The normalized spacial score (nSPS) is 10.2. The fourth-order valence-electron chi connectivity index (χ4n) is 1.61. The zero-order valence-corrected chi connectivity index (χ0v) is 11.2. The molecular formula is C15H18N2O2. The number of anilines is 1. The van der Waals surface area contributed by atoms with E-state index in [9.17, 15) is 0 Å². The standard InChI is InChI=1S/C15H18N2O2/c1-3-9-18-15-13(16)7-8-14(17-15)19-12-6-4-5-11(2)10-12/h4-8,10H,3,9,16H2,1-2H3. The summed E-state index contributed by atoms with van der Waals surface area (Å²) in [5, 5.41) is 0. The third-order valence-corrected chi connectivity index (χ3v) is 2.52. The fourth-order valence-corrected chi connectivity index (χ4v) is 1.61. The first kappa shape index (κ1) is 13.2. The van der Waals surface area contributed by atoms with Crippen molar-refractivity contribution in [2.45, 2.75) is 20.3 Å². The van der Waals surface area contributed by atoms with Gasteiger partial charge in [-0.15, -0.1) is 0 Å². The minimum Gasteiger partial charge on any atom is -0.476 e. The van der Waals surface area contributed by atoms with Crippen LogP contribution in [0, 0.1) is 6.92 Å². The van der Waals surface area contributed by atoms with Crippen LogP contribution in [-0.4, -0.2) is 11.6 Å². The van der Waals surface area contributed by atoms with Crippen LogP contribution >= 0.6 is 0 Å². The summed E-state index contributed by atoms with van der Waals surface area (Å²) in [6.45, 7) is 4.63. The van der Waals surface area contributed by atoms with E-state index in [1.807, 2.05) is 38.1 Å². The highest BCUT2D eigenvalue weighted by atomic mass is 16.5. The molecule has 0 atom stereocenters. The number of aryl methyl sites for hydroxylation is 1. The van der Waals surface area contributed by atoms with Gasteiger partial charge in [-0.3, -0.25) is 0 Å². The van der Waals surface area contributed by atoms with Crippen LogP contribution in [-0.2, 0) is 0 Å². The number of aromatic nitrogens is 1. The maximum atomic E-state index is 5.80. The van der Waals surface area contributed by atoms with Crippen molar-refractivity contribution in [2.24, 2.45) is 0 Å². The van der Waals surface area contributed by atoms with E-state index in [1.165, 1.54) is 0 Å². The largest absolute Gasteiger partial charge is 0.476 e. The molecule has 2 rings (SSSR count). The lowest BCUT2D eigenvalue weighted by molar-refractivity contribution is 0.302. The van der Waals surface area contributed by atoms with Crippen LogP contribution in [0.5, 0.6) is 17.5 Å². The number of pyridine rings is 1. The van der Waals surface area contributed by atoms with Gasteiger partial charge < -0.3 is 15.2 Å². The molecule has 0 saturated carbocycles. The quantitative estimate of drug-likeness (QED) is 0.891. The molecule has 0 unspecified atom stereocenters. The Morgan fingerprint density at radius 1 is 1.21 bits per heavy atom. The van der Waals surface area contributed by atoms with E-state index in [-0.39, 0.29) is 0 Å². The van der Waals surface area contributed by atoms with Gasteiger partial charge in [-0.25, -0.2) is 0 Å². The molecule has 4 nitrogen and oxygen atoms in total. The van der Waals surface area contributed by atoms with E-state index in [1.54, 1.807) is 12.1 Å². The SMILES string of the molecule is CCCOc1nc(Oc2cccc(C)c2)ccc1N. The Morgan fingerprint density at radius 2 is 2.05 bits per heavy atom. The van der Waals surface area contributed by atoms with Gasteiger partial charge in [0.25, 0.3) is 0 Å². The lowest BCUT2D eigenvalue weighted by atomic mass is 10.2. The summed E-state index contributed by atoms with van der Waals surface area (Å²) in [4.78, 5) is 4.27. The summed E-state index contributed by atoms with van der Waals surface area (Å²) in [5.41, 5.74) is 7.46. The highest BCUT2D eigenvalue weighted by Crippen LogP contribution is 2.26. The molecule has 1 aromatic carbocycles. The second-order valence-electron chi connectivity index (χ2n) is 4.31. The van der Waals surface area contributed by atoms with Gasteiger partial charge >= 0.3 is 0 Å². The highest BCUT2D eigenvalue weighted by molar-refractivity contribution is 5.49. The van der Waals surface area contributed by atoms with Crippen molar-refractivity contribution in [1.82, 2.24) is 4.98 Å². The van der Waals surface area contributed by atoms with Gasteiger partial charge in [0.15, 0.2) is 0 Å². The van der Waals surface area contributed by atoms with Gasteiger partial charge in [0.2, 0.25) is 11.8 Å². The molecular weight excluding hydrogens is 240 g/mol. The minimum absolute atomic E-state index is 0.423. The van der Waals surface area contributed by atoms with Crippen molar-refractivity contribution in [3.63, 3.8) is 0 Å². The Kier molecular flexibility index (Phi) is 4.23. The van der Waals surface area contributed by atoms with Gasteiger partial charge in [-0.05, 0) is 37.1 Å². The van der Waals surface area contributed by atoms with E-state index >= 15 is 0 Å². The number of hydrogen-bond donors (Lipinski definition) is 1. The monoisotopic (exact) mass is 258 g/mol. The molecule has 0 amide bonds. The fraction of sp³-hybridized carbons (Fsp3) is 0.267. The molecule has 1 aromatic heterocycles. The van der Waals surface area contributed by atoms with Gasteiger partial charge in [0.05, 0.1) is 12.3 Å². The Hall–Kier alpha value is -2.23. The summed E-state index contributed by atoms with van der Waals surface area (Å²) in [6, 6.07) is 11.3. The Morgan fingerprint density at radius 3 is 2.79 bits per heavy atom. The predicted octanol–water partition coefficient (Wildman–Crippen LogP) is 3.55. The molecule has 1 heterocycles. The van der Waals surface area contributed by atoms with E-state index in [0.717, 1.165) is 17.7 Å². The van der Waals surface area contributed by atoms with E-state index in [0.29, 0.717) is 24.1 Å². The number of rotatable bonds is 5. The maximum absolute atomic E-state index is 5.80. The zero-order valence-electron chi connectivity index (χ0n) is 11.2. The predicted molar refractivity (Wildman–Crippen MR) is 75.7 cm³/mol. The second-order valence-corrected chi connectivity index (χ2v) is 4.31. The lowest BCUT2D eigenvalue weighted by Gasteiger charge is -2.10. The third kappa shape index (κ3) is 3.61. The van der Waals surface area contributed by atoms with Crippen molar-refractivity contribution in [1.29, 1.82) is 0 Å². The number of nitrogens with two attached hydrogens (primary N) is 1. The first-order valence-corrected chi connectivity index (χ1v) is 6.33. The van der Waals surface area contributed by atoms with Crippen LogP contribution in [0.4, 0.5) is 5.69 Å². The first-order chi connectivity index (χ1) is 9.19. The molecule has 0 fully saturated rings. The number of hydrogen-bond acceptors (Lipinski definition) is 4. The minimum atomic E-state index is 0.423. The number of nitrogen functional groups attached to an aromatic ring is 1. The molecule has 2 aromatic rings. The van der Waals surface area contributed by atoms with Crippen molar-refractivity contribution in [3.8, 4) is 17.5 Å². The van der Waals surface area contributed by atoms with Crippen molar-refractivity contribution < 1.29 is 9.47 Å². The molecule has 0 saturated heterocycles. The van der Waals surface area contributed by atoms with Crippen molar-refractivity contribution in [3.05, 3.63) is 42.0 Å². The van der Waals surface area contributed by atoms with Crippen LogP contribution < -0.4 is 15.2 Å². The summed E-state index contributed by atoms with van der Waals surface area (Å²) < 4.78 is 11.2. The lowest BCUT2D eigenvalue weighted by Crippen LogP contribution is -2.02. The average molecular weight is 258 g/mol. The molecule has 100 valence electrons. The van der Waals surface area contributed by atoms with Gasteiger partial charge in [-0.1, -0.05) is 19.1 Å². The number of benzene rings is 1. The maximum Gasteiger partial charge on any atom is 0.240 e. The van der Waals surface area contributed by atoms with Crippen LogP contribution in [0.1, 0.15) is 18.9 Å². The molecule has 0 aliphatic rings. The van der Waals surface area contributed by atoms with Gasteiger partial charge in [0.1, 0.15) is 5.75 Å². The average Bonchev–Trinajstić information content (AvgIpc) is 2.39. The molecule has 2 N–H and O–H groups in total. The molecule has 0 spiro atoms. The van der Waals surface area contributed by atoms with Crippen LogP contribution in [0.2, 0.25) is 0 Å². The topological polar surface area (TPSA) is 57.4 Å². The summed E-state index contributed by atoms with van der Waals surface area (Å²) in [5.74, 6) is 1.65. The molecule has 4 heteroatoms. The number of nitrogens with zero attached hydrogens (tertiary/aromatic N) is 1. The smallest absolute Gasteiger partial charge is 0.240 e. The van der Waals surface area contributed by atoms with E-state index in [2.05, 4.69) is 4.98 Å². The van der Waals surface area contributed by atoms with Gasteiger partial charge in [-0.2, -0.15) is 4.98 Å². The summed E-state index contributed by atoms with van der Waals surface area (Å²) in [6.07, 6.45) is 0.907. The Bertz CT molecular complexity index is 556. The Balaban J connectivity index is 2.16. The van der Waals surface area contributed by atoms with Crippen LogP contribution in [0.3, 0.4) is 0 Å².